The zero-order chi connectivity index (χ0) is 15.5. The minimum absolute atomic E-state index is 0.122. The molecule has 1 unspecified atom stereocenters. The van der Waals surface area contributed by atoms with Gasteiger partial charge < -0.3 is 10.6 Å². The van der Waals surface area contributed by atoms with Crippen molar-refractivity contribution >= 4 is 40.6 Å². The van der Waals surface area contributed by atoms with E-state index in [0.717, 1.165) is 21.3 Å². The van der Waals surface area contributed by atoms with E-state index >= 15 is 0 Å². The minimum Gasteiger partial charge on any atom is -0.350 e. The molecule has 3 rings (SSSR count). The second-order valence-corrected chi connectivity index (χ2v) is 7.24. The summed E-state index contributed by atoms with van der Waals surface area (Å²) in [5, 5.41) is 8.16. The number of amides is 2. The maximum Gasteiger partial charge on any atom is 0.238 e. The highest BCUT2D eigenvalue weighted by atomic mass is 32.2. The molecule has 2 N–H and O–H groups in total. The Morgan fingerprint density at radius 3 is 3.00 bits per heavy atom. The molecule has 2 amide bonds. The van der Waals surface area contributed by atoms with E-state index in [1.807, 2.05) is 36.6 Å². The van der Waals surface area contributed by atoms with Crippen molar-refractivity contribution in [2.75, 3.05) is 5.32 Å². The molecule has 5 nitrogen and oxygen atoms in total. The third-order valence-electron chi connectivity index (χ3n) is 3.21. The summed E-state index contributed by atoms with van der Waals surface area (Å²) >= 11 is 2.99. The largest absolute Gasteiger partial charge is 0.350 e. The van der Waals surface area contributed by atoms with E-state index in [0.29, 0.717) is 6.54 Å². The lowest BCUT2D eigenvalue weighted by atomic mass is 10.2. The van der Waals surface area contributed by atoms with Gasteiger partial charge in [-0.1, -0.05) is 12.1 Å². The molecular weight excluding hydrogens is 318 g/mol. The van der Waals surface area contributed by atoms with Gasteiger partial charge in [-0.15, -0.1) is 23.1 Å². The lowest BCUT2D eigenvalue weighted by Gasteiger charge is -2.23. The van der Waals surface area contributed by atoms with Crippen LogP contribution in [0.1, 0.15) is 17.1 Å². The normalized spacial score (nSPS) is 16.8. The molecule has 1 aliphatic rings. The standard InChI is InChI=1S/C15H15N3O2S2/c1-9-17-10(8-21-9)7-16-14(19)6-13-15(20)18-11-4-2-3-5-12(11)22-13/h2-5,8,13H,6-7H2,1H3,(H,16,19)(H,18,20). The SMILES string of the molecule is Cc1nc(CNC(=O)CC2Sc3ccccc3NC2=O)cs1. The van der Waals surface area contributed by atoms with E-state index in [4.69, 9.17) is 0 Å². The van der Waals surface area contributed by atoms with Crippen LogP contribution in [0, 0.1) is 6.92 Å². The number of nitrogens with zero attached hydrogens (tertiary/aromatic N) is 1. The molecule has 0 saturated carbocycles. The number of hydrogen-bond donors (Lipinski definition) is 2. The molecule has 1 aromatic carbocycles. The third kappa shape index (κ3) is 3.48. The van der Waals surface area contributed by atoms with E-state index in [-0.39, 0.29) is 18.2 Å². The maximum atomic E-state index is 12.0. The first-order chi connectivity index (χ1) is 10.6. The van der Waals surface area contributed by atoms with Gasteiger partial charge in [-0.3, -0.25) is 9.59 Å². The van der Waals surface area contributed by atoms with Crippen LogP contribution in [0.5, 0.6) is 0 Å². The number of anilines is 1. The van der Waals surface area contributed by atoms with E-state index in [2.05, 4.69) is 15.6 Å². The van der Waals surface area contributed by atoms with Crippen molar-refractivity contribution in [3.05, 3.63) is 40.3 Å². The summed E-state index contributed by atoms with van der Waals surface area (Å²) in [5.41, 5.74) is 1.66. The summed E-state index contributed by atoms with van der Waals surface area (Å²) in [5.74, 6) is -0.263. The van der Waals surface area contributed by atoms with Gasteiger partial charge in [0.1, 0.15) is 0 Å². The number of thiazole rings is 1. The van der Waals surface area contributed by atoms with E-state index in [1.165, 1.54) is 11.8 Å². The van der Waals surface area contributed by atoms with Gasteiger partial charge in [0.25, 0.3) is 0 Å². The molecule has 0 fully saturated rings. The van der Waals surface area contributed by atoms with Crippen LogP contribution in [-0.4, -0.2) is 22.0 Å². The number of benzene rings is 1. The number of thioether (sulfide) groups is 1. The van der Waals surface area contributed by atoms with E-state index < -0.39 is 5.25 Å². The van der Waals surface area contributed by atoms with Crippen LogP contribution >= 0.6 is 23.1 Å². The highest BCUT2D eigenvalue weighted by molar-refractivity contribution is 8.01. The molecule has 0 aliphatic carbocycles. The Morgan fingerprint density at radius 1 is 1.41 bits per heavy atom. The van der Waals surface area contributed by atoms with Gasteiger partial charge in [0, 0.05) is 16.7 Å². The average molecular weight is 333 g/mol. The molecule has 114 valence electrons. The molecule has 1 aliphatic heterocycles. The van der Waals surface area contributed by atoms with E-state index in [1.54, 1.807) is 11.3 Å². The molecule has 22 heavy (non-hydrogen) atoms. The topological polar surface area (TPSA) is 71.1 Å². The number of aromatic nitrogens is 1. The quantitative estimate of drug-likeness (QED) is 0.902. The number of rotatable bonds is 4. The number of para-hydroxylation sites is 1. The van der Waals surface area contributed by atoms with Gasteiger partial charge in [-0.05, 0) is 19.1 Å². The Balaban J connectivity index is 1.56. The number of hydrogen-bond acceptors (Lipinski definition) is 5. The predicted octanol–water partition coefficient (Wildman–Crippen LogP) is 2.57. The van der Waals surface area contributed by atoms with Crippen molar-refractivity contribution in [1.29, 1.82) is 0 Å². The molecular formula is C15H15N3O2S2. The summed E-state index contributed by atoms with van der Waals surface area (Å²) in [6.45, 7) is 2.33. The summed E-state index contributed by atoms with van der Waals surface area (Å²) < 4.78 is 0. The van der Waals surface area contributed by atoms with Gasteiger partial charge >= 0.3 is 0 Å². The van der Waals surface area contributed by atoms with Gasteiger partial charge in [-0.25, -0.2) is 4.98 Å². The Labute approximate surface area is 136 Å². The lowest BCUT2D eigenvalue weighted by Crippen LogP contribution is -2.34. The number of carbonyl (C=O) groups excluding carboxylic acids is 2. The Kier molecular flexibility index (Phi) is 4.44. The lowest BCUT2D eigenvalue weighted by molar-refractivity contribution is -0.124. The Bertz CT molecular complexity index is 714. The fraction of sp³-hybridized carbons (Fsp3) is 0.267. The smallest absolute Gasteiger partial charge is 0.238 e. The first-order valence-electron chi connectivity index (χ1n) is 6.86. The van der Waals surface area contributed by atoms with Crippen LogP contribution in [0.25, 0.3) is 0 Å². The summed E-state index contributed by atoms with van der Waals surface area (Å²) in [6.07, 6.45) is 0.161. The van der Waals surface area contributed by atoms with Crippen LogP contribution in [0.15, 0.2) is 34.5 Å². The van der Waals surface area contributed by atoms with Gasteiger partial charge in [0.05, 0.1) is 28.2 Å². The van der Waals surface area contributed by atoms with Crippen LogP contribution < -0.4 is 10.6 Å². The zero-order valence-electron chi connectivity index (χ0n) is 12.0. The summed E-state index contributed by atoms with van der Waals surface area (Å²) in [7, 11) is 0. The number of aryl methyl sites for hydroxylation is 1. The van der Waals surface area contributed by atoms with Gasteiger partial charge in [0.2, 0.25) is 11.8 Å². The number of carbonyl (C=O) groups is 2. The third-order valence-corrected chi connectivity index (χ3v) is 5.31. The van der Waals surface area contributed by atoms with Crippen LogP contribution in [0.2, 0.25) is 0 Å². The van der Waals surface area contributed by atoms with Crippen LogP contribution in [0.3, 0.4) is 0 Å². The zero-order valence-corrected chi connectivity index (χ0v) is 13.6. The van der Waals surface area contributed by atoms with E-state index in [9.17, 15) is 9.59 Å². The Hall–Kier alpha value is -1.86. The second-order valence-electron chi connectivity index (χ2n) is 4.93. The molecule has 2 heterocycles. The average Bonchev–Trinajstić information content (AvgIpc) is 2.91. The van der Waals surface area contributed by atoms with Crippen molar-refractivity contribution in [3.63, 3.8) is 0 Å². The van der Waals surface area contributed by atoms with Crippen molar-refractivity contribution in [1.82, 2.24) is 10.3 Å². The highest BCUT2D eigenvalue weighted by Gasteiger charge is 2.28. The first kappa shape index (κ1) is 15.1. The fourth-order valence-electron chi connectivity index (χ4n) is 2.15. The molecule has 0 radical (unpaired) electrons. The van der Waals surface area contributed by atoms with Crippen molar-refractivity contribution in [2.24, 2.45) is 0 Å². The number of fused-ring (bicyclic) bond motifs is 1. The predicted molar refractivity (Wildman–Crippen MR) is 88.0 cm³/mol. The van der Waals surface area contributed by atoms with Gasteiger partial charge in [0.15, 0.2) is 0 Å². The first-order valence-corrected chi connectivity index (χ1v) is 8.62. The molecule has 7 heteroatoms. The maximum absolute atomic E-state index is 12.0. The second kappa shape index (κ2) is 6.50. The minimum atomic E-state index is -0.396. The molecule has 0 bridgehead atoms. The van der Waals surface area contributed by atoms with Crippen molar-refractivity contribution in [2.45, 2.75) is 30.0 Å². The van der Waals surface area contributed by atoms with Crippen molar-refractivity contribution < 1.29 is 9.59 Å². The fourth-order valence-corrected chi connectivity index (χ4v) is 3.87. The molecule has 1 aromatic heterocycles. The van der Waals surface area contributed by atoms with Crippen LogP contribution in [-0.2, 0) is 16.1 Å². The molecule has 1 atom stereocenters. The monoisotopic (exact) mass is 333 g/mol. The van der Waals surface area contributed by atoms with Crippen molar-refractivity contribution in [3.8, 4) is 0 Å². The summed E-state index contributed by atoms with van der Waals surface area (Å²) in [4.78, 5) is 29.4. The Morgan fingerprint density at radius 2 is 2.23 bits per heavy atom. The highest BCUT2D eigenvalue weighted by Crippen LogP contribution is 2.36. The summed E-state index contributed by atoms with van der Waals surface area (Å²) in [6, 6.07) is 7.61. The van der Waals surface area contributed by atoms with Gasteiger partial charge in [-0.2, -0.15) is 0 Å². The molecule has 0 saturated heterocycles. The molecule has 2 aromatic rings. The molecule has 0 spiro atoms. The van der Waals surface area contributed by atoms with Crippen LogP contribution in [0.4, 0.5) is 5.69 Å². The number of nitrogens with one attached hydrogen (secondary N) is 2.